The minimum absolute atomic E-state index is 0.0341. The molecule has 2 aromatic carbocycles. The highest BCUT2D eigenvalue weighted by Crippen LogP contribution is 2.23. The Kier molecular flexibility index (Phi) is 6.79. The molecule has 3 N–H and O–H groups in total. The van der Waals surface area contributed by atoms with E-state index in [9.17, 15) is 14.4 Å². The van der Waals surface area contributed by atoms with E-state index in [4.69, 9.17) is 10.6 Å². The van der Waals surface area contributed by atoms with Gasteiger partial charge in [0, 0.05) is 24.9 Å². The number of nitrogens with zero attached hydrogens (tertiary/aromatic N) is 2. The predicted octanol–water partition coefficient (Wildman–Crippen LogP) is 1.56. The maximum atomic E-state index is 13.1. The van der Waals surface area contributed by atoms with E-state index < -0.39 is 11.9 Å². The van der Waals surface area contributed by atoms with Gasteiger partial charge in [-0.3, -0.25) is 14.4 Å². The first-order valence-corrected chi connectivity index (χ1v) is 9.61. The number of rotatable bonds is 7. The van der Waals surface area contributed by atoms with E-state index in [-0.39, 0.29) is 37.7 Å². The molecule has 156 valence electrons. The van der Waals surface area contributed by atoms with Crippen molar-refractivity contribution in [3.63, 3.8) is 0 Å². The van der Waals surface area contributed by atoms with Gasteiger partial charge in [0.25, 0.3) is 5.91 Å². The first kappa shape index (κ1) is 21.0. The molecule has 30 heavy (non-hydrogen) atoms. The van der Waals surface area contributed by atoms with Gasteiger partial charge in [0.05, 0.1) is 12.3 Å². The highest BCUT2D eigenvalue weighted by molar-refractivity contribution is 6.05. The highest BCUT2D eigenvalue weighted by atomic mass is 16.6. The number of nitrogens with two attached hydrogens (primary N) is 1. The molecule has 1 atom stereocenters. The second-order valence-corrected chi connectivity index (χ2v) is 6.94. The number of benzene rings is 2. The molecule has 0 aliphatic carbocycles. The predicted molar refractivity (Wildman–Crippen MR) is 113 cm³/mol. The van der Waals surface area contributed by atoms with Gasteiger partial charge in [-0.05, 0) is 23.3 Å². The normalized spacial score (nSPS) is 17.0. The van der Waals surface area contributed by atoms with Crippen molar-refractivity contribution in [2.24, 2.45) is 10.9 Å². The highest BCUT2D eigenvalue weighted by Gasteiger charge is 2.38. The van der Waals surface area contributed by atoms with Crippen molar-refractivity contribution in [2.75, 3.05) is 20.2 Å². The molecule has 0 radical (unpaired) electrons. The molecule has 0 saturated carbocycles. The molecule has 8 heteroatoms. The lowest BCUT2D eigenvalue weighted by Crippen LogP contribution is -2.46. The maximum absolute atomic E-state index is 13.1. The van der Waals surface area contributed by atoms with E-state index in [1.165, 1.54) is 12.0 Å². The lowest BCUT2D eigenvalue weighted by Gasteiger charge is -2.23. The van der Waals surface area contributed by atoms with E-state index in [2.05, 4.69) is 10.5 Å². The third-order valence-electron chi connectivity index (χ3n) is 4.85. The Hall–Kier alpha value is -3.68. The van der Waals surface area contributed by atoms with Crippen molar-refractivity contribution in [3.05, 3.63) is 60.2 Å². The minimum Gasteiger partial charge on any atom is -0.399 e. The van der Waals surface area contributed by atoms with Gasteiger partial charge in [-0.2, -0.15) is 0 Å². The van der Waals surface area contributed by atoms with Crippen LogP contribution in [0, 0.1) is 0 Å². The van der Waals surface area contributed by atoms with Gasteiger partial charge in [-0.1, -0.05) is 47.6 Å². The summed E-state index contributed by atoms with van der Waals surface area (Å²) in [5.41, 5.74) is 8.23. The number of hydrogen-bond donors (Lipinski definition) is 2. The standard InChI is InChI=1S/C22H24N4O4/c1-30-25-18-13-19(21(28)24-12-11-20(23)27)26(14-18)22(29)17-9-7-16(8-10-17)15-5-3-2-4-6-15/h2-10,19H,11-14H2,1H3,(H2,23,27)(H,24,28)/t19-/m0/s1. The van der Waals surface area contributed by atoms with Crippen LogP contribution in [0.25, 0.3) is 11.1 Å². The number of carbonyl (C=O) groups excluding carboxylic acids is 3. The van der Waals surface area contributed by atoms with Gasteiger partial charge in [0.2, 0.25) is 11.8 Å². The van der Waals surface area contributed by atoms with Crippen LogP contribution >= 0.6 is 0 Å². The molecule has 0 unspecified atom stereocenters. The van der Waals surface area contributed by atoms with Crippen LogP contribution in [0.15, 0.2) is 59.8 Å². The molecule has 1 saturated heterocycles. The van der Waals surface area contributed by atoms with E-state index in [0.29, 0.717) is 11.3 Å². The van der Waals surface area contributed by atoms with Crippen LogP contribution in [0.5, 0.6) is 0 Å². The van der Waals surface area contributed by atoms with E-state index in [1.807, 2.05) is 42.5 Å². The Morgan fingerprint density at radius 2 is 1.77 bits per heavy atom. The fourth-order valence-electron chi connectivity index (χ4n) is 3.38. The first-order chi connectivity index (χ1) is 14.5. The average Bonchev–Trinajstić information content (AvgIpc) is 3.18. The molecule has 0 bridgehead atoms. The summed E-state index contributed by atoms with van der Waals surface area (Å²) in [7, 11) is 1.42. The fourth-order valence-corrected chi connectivity index (χ4v) is 3.38. The van der Waals surface area contributed by atoms with Gasteiger partial charge in [0.1, 0.15) is 13.2 Å². The zero-order chi connectivity index (χ0) is 21.5. The van der Waals surface area contributed by atoms with Gasteiger partial charge < -0.3 is 20.8 Å². The molecule has 2 aromatic rings. The quantitative estimate of drug-likeness (QED) is 0.677. The number of hydrogen-bond acceptors (Lipinski definition) is 5. The lowest BCUT2D eigenvalue weighted by molar-refractivity contribution is -0.125. The van der Waals surface area contributed by atoms with Gasteiger partial charge in [0.15, 0.2) is 0 Å². The van der Waals surface area contributed by atoms with Gasteiger partial charge >= 0.3 is 0 Å². The molecule has 3 rings (SSSR count). The Morgan fingerprint density at radius 3 is 2.40 bits per heavy atom. The molecule has 1 fully saturated rings. The third kappa shape index (κ3) is 5.02. The van der Waals surface area contributed by atoms with Crippen LogP contribution < -0.4 is 11.1 Å². The Bertz CT molecular complexity index is 941. The summed E-state index contributed by atoms with van der Waals surface area (Å²) < 4.78 is 0. The zero-order valence-electron chi connectivity index (χ0n) is 16.7. The average molecular weight is 408 g/mol. The number of nitrogens with one attached hydrogen (secondary N) is 1. The molecule has 1 heterocycles. The van der Waals surface area contributed by atoms with Crippen LogP contribution in [-0.4, -0.2) is 54.6 Å². The Morgan fingerprint density at radius 1 is 1.10 bits per heavy atom. The molecule has 8 nitrogen and oxygen atoms in total. The third-order valence-corrected chi connectivity index (χ3v) is 4.85. The first-order valence-electron chi connectivity index (χ1n) is 9.61. The Labute approximate surface area is 174 Å². The number of oxime groups is 1. The van der Waals surface area contributed by atoms with Crippen molar-refractivity contribution in [1.82, 2.24) is 10.2 Å². The number of primary amides is 1. The molecule has 0 spiro atoms. The minimum atomic E-state index is -0.729. The molecular formula is C22H24N4O4. The zero-order valence-corrected chi connectivity index (χ0v) is 16.7. The SMILES string of the molecule is CON=C1C[C@@H](C(=O)NCCC(N)=O)N(C(=O)c2ccc(-c3ccccc3)cc2)C1. The van der Waals surface area contributed by atoms with Crippen molar-refractivity contribution < 1.29 is 19.2 Å². The topological polar surface area (TPSA) is 114 Å². The molecular weight excluding hydrogens is 384 g/mol. The van der Waals surface area contributed by atoms with Crippen molar-refractivity contribution in [1.29, 1.82) is 0 Å². The second kappa shape index (κ2) is 9.69. The van der Waals surface area contributed by atoms with E-state index in [1.54, 1.807) is 12.1 Å². The van der Waals surface area contributed by atoms with Crippen molar-refractivity contribution in [3.8, 4) is 11.1 Å². The van der Waals surface area contributed by atoms with E-state index in [0.717, 1.165) is 11.1 Å². The summed E-state index contributed by atoms with van der Waals surface area (Å²) in [6, 6.07) is 16.4. The fraction of sp³-hybridized carbons (Fsp3) is 0.273. The summed E-state index contributed by atoms with van der Waals surface area (Å²) in [5, 5.41) is 6.57. The van der Waals surface area contributed by atoms with Crippen LogP contribution in [0.4, 0.5) is 0 Å². The van der Waals surface area contributed by atoms with Crippen LogP contribution in [0.1, 0.15) is 23.2 Å². The van der Waals surface area contributed by atoms with Gasteiger partial charge in [-0.15, -0.1) is 0 Å². The smallest absolute Gasteiger partial charge is 0.254 e. The summed E-state index contributed by atoms with van der Waals surface area (Å²) >= 11 is 0. The number of likely N-dealkylation sites (tertiary alicyclic amines) is 1. The maximum Gasteiger partial charge on any atom is 0.254 e. The summed E-state index contributed by atoms with van der Waals surface area (Å²) in [5.74, 6) is -1.13. The van der Waals surface area contributed by atoms with E-state index >= 15 is 0 Å². The largest absolute Gasteiger partial charge is 0.399 e. The summed E-state index contributed by atoms with van der Waals surface area (Å²) in [6.07, 6.45) is 0.302. The Balaban J connectivity index is 1.76. The van der Waals surface area contributed by atoms with Crippen LogP contribution in [0.2, 0.25) is 0 Å². The van der Waals surface area contributed by atoms with Crippen molar-refractivity contribution in [2.45, 2.75) is 18.9 Å². The molecule has 1 aliphatic heterocycles. The van der Waals surface area contributed by atoms with Gasteiger partial charge in [-0.25, -0.2) is 0 Å². The number of carbonyl (C=O) groups is 3. The summed E-state index contributed by atoms with van der Waals surface area (Å²) in [4.78, 5) is 42.9. The monoisotopic (exact) mass is 408 g/mol. The molecule has 1 aliphatic rings. The van der Waals surface area contributed by atoms with Crippen molar-refractivity contribution >= 4 is 23.4 Å². The van der Waals surface area contributed by atoms with Crippen LogP contribution in [0.3, 0.4) is 0 Å². The summed E-state index contributed by atoms with van der Waals surface area (Å²) in [6.45, 7) is 0.316. The van der Waals surface area contributed by atoms with Crippen LogP contribution in [-0.2, 0) is 14.4 Å². The number of amides is 3. The molecule has 0 aromatic heterocycles. The lowest BCUT2D eigenvalue weighted by atomic mass is 10.0. The molecule has 3 amide bonds. The second-order valence-electron chi connectivity index (χ2n) is 6.94.